The Labute approximate surface area is 93.7 Å². The molecule has 0 spiro atoms. The summed E-state index contributed by atoms with van der Waals surface area (Å²) in [6.07, 6.45) is 0.882. The van der Waals surface area contributed by atoms with Crippen LogP contribution < -0.4 is 0 Å². The first-order valence-corrected chi connectivity index (χ1v) is 5.06. The number of benzene rings is 1. The fourth-order valence-corrected chi connectivity index (χ4v) is 1.67. The molecule has 2 rings (SSSR count). The third kappa shape index (κ3) is 1.83. The van der Waals surface area contributed by atoms with Crippen molar-refractivity contribution in [1.29, 1.82) is 0 Å². The Bertz CT molecular complexity index is 505. The van der Waals surface area contributed by atoms with Crippen molar-refractivity contribution < 1.29 is 10.2 Å². The van der Waals surface area contributed by atoms with Gasteiger partial charge in [0.25, 0.3) is 0 Å². The molecule has 0 aliphatic rings. The van der Waals surface area contributed by atoms with Crippen LogP contribution in [-0.4, -0.2) is 21.3 Å². The molecular weight excluding hydrogens is 202 g/mol. The molecule has 2 N–H and O–H groups in total. The number of nitrogens with zero attached hydrogens (tertiary/aromatic N) is 1. The van der Waals surface area contributed by atoms with Crippen molar-refractivity contribution in [2.75, 3.05) is 0 Å². The van der Waals surface area contributed by atoms with Gasteiger partial charge >= 0.3 is 0 Å². The van der Waals surface area contributed by atoms with Crippen molar-refractivity contribution >= 4 is 10.8 Å². The first-order valence-electron chi connectivity index (χ1n) is 5.06. The van der Waals surface area contributed by atoms with Crippen LogP contribution in [-0.2, 0) is 0 Å². The fraction of sp³-hybridized carbons (Fsp3) is 0.154. The first kappa shape index (κ1) is 10.8. The van der Waals surface area contributed by atoms with Gasteiger partial charge in [0.1, 0.15) is 12.2 Å². The van der Waals surface area contributed by atoms with Gasteiger partial charge in [0, 0.05) is 11.6 Å². The summed E-state index contributed by atoms with van der Waals surface area (Å²) in [4.78, 5) is 4.12. The standard InChI is InChI=1S/C13H13NO2/c1-2-11(15)13(16)12-10-6-4-3-5-9(10)7-8-14-12/h2-8,11,13,15-16H,1H2/t11-,13-/m1/s1. The van der Waals surface area contributed by atoms with Crippen molar-refractivity contribution in [3.8, 4) is 0 Å². The molecule has 0 unspecified atom stereocenters. The van der Waals surface area contributed by atoms with E-state index >= 15 is 0 Å². The highest BCUT2D eigenvalue weighted by atomic mass is 16.3. The van der Waals surface area contributed by atoms with Gasteiger partial charge in [0.05, 0.1) is 5.69 Å². The third-order valence-electron chi connectivity index (χ3n) is 2.55. The van der Waals surface area contributed by atoms with Gasteiger partial charge in [-0.1, -0.05) is 30.3 Å². The number of rotatable bonds is 3. The van der Waals surface area contributed by atoms with Crippen LogP contribution in [0.15, 0.2) is 49.2 Å². The van der Waals surface area contributed by atoms with E-state index in [2.05, 4.69) is 11.6 Å². The fourth-order valence-electron chi connectivity index (χ4n) is 1.67. The Morgan fingerprint density at radius 3 is 2.69 bits per heavy atom. The monoisotopic (exact) mass is 215 g/mol. The smallest absolute Gasteiger partial charge is 0.126 e. The molecule has 16 heavy (non-hydrogen) atoms. The van der Waals surface area contributed by atoms with Crippen LogP contribution in [0.5, 0.6) is 0 Å². The molecule has 0 radical (unpaired) electrons. The quantitative estimate of drug-likeness (QED) is 0.768. The molecule has 0 aliphatic heterocycles. The zero-order valence-corrected chi connectivity index (χ0v) is 8.74. The van der Waals surface area contributed by atoms with Crippen LogP contribution in [0.3, 0.4) is 0 Å². The Morgan fingerprint density at radius 2 is 1.94 bits per heavy atom. The predicted molar refractivity (Wildman–Crippen MR) is 62.9 cm³/mol. The van der Waals surface area contributed by atoms with Gasteiger partial charge < -0.3 is 10.2 Å². The number of aliphatic hydroxyl groups excluding tert-OH is 2. The zero-order chi connectivity index (χ0) is 11.5. The second kappa shape index (κ2) is 4.43. The van der Waals surface area contributed by atoms with Crippen LogP contribution in [0.2, 0.25) is 0 Å². The number of aromatic nitrogens is 1. The minimum atomic E-state index is -1.04. The van der Waals surface area contributed by atoms with Gasteiger partial charge in [-0.2, -0.15) is 0 Å². The predicted octanol–water partition coefficient (Wildman–Crippen LogP) is 1.82. The van der Waals surface area contributed by atoms with E-state index in [0.717, 1.165) is 10.8 Å². The molecule has 1 heterocycles. The lowest BCUT2D eigenvalue weighted by Gasteiger charge is -2.15. The van der Waals surface area contributed by atoms with Crippen LogP contribution in [0.1, 0.15) is 11.8 Å². The van der Waals surface area contributed by atoms with E-state index in [-0.39, 0.29) is 0 Å². The first-order chi connectivity index (χ1) is 7.74. The highest BCUT2D eigenvalue weighted by Gasteiger charge is 2.18. The molecule has 2 atom stereocenters. The minimum absolute atomic E-state index is 0.477. The number of hydrogen-bond acceptors (Lipinski definition) is 3. The van der Waals surface area contributed by atoms with Gasteiger partial charge in [0.2, 0.25) is 0 Å². The molecule has 0 amide bonds. The van der Waals surface area contributed by atoms with Crippen LogP contribution in [0.25, 0.3) is 10.8 Å². The summed E-state index contributed by atoms with van der Waals surface area (Å²) in [5, 5.41) is 21.3. The maximum atomic E-state index is 9.90. The molecule has 0 saturated carbocycles. The summed E-state index contributed by atoms with van der Waals surface area (Å²) in [7, 11) is 0. The molecule has 1 aromatic heterocycles. The molecule has 2 aromatic rings. The molecule has 82 valence electrons. The number of pyridine rings is 1. The summed E-state index contributed by atoms with van der Waals surface area (Å²) < 4.78 is 0. The van der Waals surface area contributed by atoms with E-state index in [1.54, 1.807) is 6.20 Å². The summed E-state index contributed by atoms with van der Waals surface area (Å²) in [6.45, 7) is 3.45. The lowest BCUT2D eigenvalue weighted by atomic mass is 10.0. The molecular formula is C13H13NO2. The van der Waals surface area contributed by atoms with Crippen molar-refractivity contribution in [3.05, 3.63) is 54.9 Å². The van der Waals surface area contributed by atoms with Crippen molar-refractivity contribution in [1.82, 2.24) is 4.98 Å². The zero-order valence-electron chi connectivity index (χ0n) is 8.74. The average Bonchev–Trinajstić information content (AvgIpc) is 2.36. The summed E-state index contributed by atoms with van der Waals surface area (Å²) >= 11 is 0. The number of fused-ring (bicyclic) bond motifs is 1. The Hall–Kier alpha value is -1.71. The Kier molecular flexibility index (Phi) is 2.99. The summed E-state index contributed by atoms with van der Waals surface area (Å²) in [6, 6.07) is 9.47. The molecule has 0 aliphatic carbocycles. The molecule has 1 aromatic carbocycles. The lowest BCUT2D eigenvalue weighted by molar-refractivity contribution is 0.0467. The Morgan fingerprint density at radius 1 is 1.19 bits per heavy atom. The average molecular weight is 215 g/mol. The van der Waals surface area contributed by atoms with Crippen molar-refractivity contribution in [3.63, 3.8) is 0 Å². The third-order valence-corrected chi connectivity index (χ3v) is 2.55. The minimum Gasteiger partial charge on any atom is -0.386 e. The maximum Gasteiger partial charge on any atom is 0.126 e. The summed E-state index contributed by atoms with van der Waals surface area (Å²) in [5.74, 6) is 0. The maximum absolute atomic E-state index is 9.90. The lowest BCUT2D eigenvalue weighted by Crippen LogP contribution is -2.16. The van der Waals surface area contributed by atoms with Crippen LogP contribution in [0, 0.1) is 0 Å². The van der Waals surface area contributed by atoms with E-state index in [9.17, 15) is 10.2 Å². The molecule has 0 fully saturated rings. The van der Waals surface area contributed by atoms with Crippen LogP contribution in [0.4, 0.5) is 0 Å². The number of aliphatic hydroxyl groups is 2. The number of hydrogen-bond donors (Lipinski definition) is 2. The van der Waals surface area contributed by atoms with E-state index in [0.29, 0.717) is 5.69 Å². The van der Waals surface area contributed by atoms with E-state index < -0.39 is 12.2 Å². The molecule has 3 heteroatoms. The molecule has 3 nitrogen and oxygen atoms in total. The highest BCUT2D eigenvalue weighted by molar-refractivity contribution is 5.84. The topological polar surface area (TPSA) is 53.4 Å². The Balaban J connectivity index is 2.56. The van der Waals surface area contributed by atoms with Gasteiger partial charge in [-0.15, -0.1) is 6.58 Å². The van der Waals surface area contributed by atoms with Gasteiger partial charge in [-0.05, 0) is 11.5 Å². The van der Waals surface area contributed by atoms with Gasteiger partial charge in [0.15, 0.2) is 0 Å². The SMILES string of the molecule is C=C[C@@H](O)[C@@H](O)c1nccc2ccccc12. The van der Waals surface area contributed by atoms with E-state index in [1.807, 2.05) is 30.3 Å². The van der Waals surface area contributed by atoms with Crippen molar-refractivity contribution in [2.45, 2.75) is 12.2 Å². The van der Waals surface area contributed by atoms with E-state index in [1.165, 1.54) is 6.08 Å². The highest BCUT2D eigenvalue weighted by Crippen LogP contribution is 2.24. The van der Waals surface area contributed by atoms with Gasteiger partial charge in [-0.25, -0.2) is 0 Å². The largest absolute Gasteiger partial charge is 0.386 e. The molecule has 0 saturated heterocycles. The second-order valence-corrected chi connectivity index (χ2v) is 3.59. The second-order valence-electron chi connectivity index (χ2n) is 3.59. The summed E-state index contributed by atoms with van der Waals surface area (Å²) in [5.41, 5.74) is 0.477. The van der Waals surface area contributed by atoms with Crippen LogP contribution >= 0.6 is 0 Å². The van der Waals surface area contributed by atoms with Crippen molar-refractivity contribution in [2.24, 2.45) is 0 Å². The van der Waals surface area contributed by atoms with E-state index in [4.69, 9.17) is 0 Å². The van der Waals surface area contributed by atoms with Gasteiger partial charge in [-0.3, -0.25) is 4.98 Å². The normalized spacial score (nSPS) is 14.6. The molecule has 0 bridgehead atoms.